The molecule has 0 fully saturated rings. The average Bonchev–Trinajstić information content (AvgIpc) is 2.00. The molecule has 0 aliphatic carbocycles. The van der Waals surface area contributed by atoms with Crippen molar-refractivity contribution in [3.63, 3.8) is 0 Å². The molecule has 0 aliphatic heterocycles. The van der Waals surface area contributed by atoms with E-state index in [9.17, 15) is 13.2 Å². The summed E-state index contributed by atoms with van der Waals surface area (Å²) in [7, 11) is 1.48. The topological polar surface area (TPSA) is 29.3 Å². The first-order valence-electron chi connectivity index (χ1n) is 5.09. The summed E-state index contributed by atoms with van der Waals surface area (Å²) in [5.74, 6) is 0. The summed E-state index contributed by atoms with van der Waals surface area (Å²) in [5, 5.41) is 0. The Balaban J connectivity index is 4.96. The molecular formula is C10H21F3N2. The lowest BCUT2D eigenvalue weighted by Crippen LogP contribution is -2.59. The van der Waals surface area contributed by atoms with Crippen molar-refractivity contribution in [2.24, 2.45) is 5.73 Å². The molecule has 0 aliphatic rings. The first kappa shape index (κ1) is 14.7. The fraction of sp³-hybridized carbons (Fsp3) is 1.00. The van der Waals surface area contributed by atoms with E-state index in [2.05, 4.69) is 0 Å². The first-order valence-corrected chi connectivity index (χ1v) is 5.09. The van der Waals surface area contributed by atoms with Crippen LogP contribution in [0.15, 0.2) is 0 Å². The van der Waals surface area contributed by atoms with Crippen LogP contribution in [0.1, 0.15) is 34.1 Å². The molecule has 0 aromatic carbocycles. The van der Waals surface area contributed by atoms with E-state index < -0.39 is 23.8 Å². The average molecular weight is 226 g/mol. The second-order valence-corrected chi connectivity index (χ2v) is 4.62. The van der Waals surface area contributed by atoms with Crippen LogP contribution in [-0.4, -0.2) is 35.7 Å². The minimum Gasteiger partial charge on any atom is -0.326 e. The van der Waals surface area contributed by atoms with E-state index in [4.69, 9.17) is 5.73 Å². The minimum atomic E-state index is -4.28. The van der Waals surface area contributed by atoms with Crippen molar-refractivity contribution >= 4 is 0 Å². The summed E-state index contributed by atoms with van der Waals surface area (Å²) in [4.78, 5) is 1.32. The number of likely N-dealkylation sites (N-methyl/N-ethyl adjacent to an activating group) is 1. The van der Waals surface area contributed by atoms with Crippen molar-refractivity contribution in [1.29, 1.82) is 0 Å². The standard InChI is InChI=1S/C10H21F3N2/c1-6-9(3,4)15(5)8(7(2)14)10(11,12)13/h7-8H,6,14H2,1-5H3. The van der Waals surface area contributed by atoms with Gasteiger partial charge in [0.15, 0.2) is 0 Å². The van der Waals surface area contributed by atoms with Gasteiger partial charge < -0.3 is 5.73 Å². The molecule has 0 spiro atoms. The summed E-state index contributed by atoms with van der Waals surface area (Å²) < 4.78 is 38.3. The molecule has 0 aromatic rings. The summed E-state index contributed by atoms with van der Waals surface area (Å²) in [6.07, 6.45) is -3.64. The van der Waals surface area contributed by atoms with Crippen molar-refractivity contribution in [2.45, 2.75) is 57.9 Å². The van der Waals surface area contributed by atoms with Crippen LogP contribution in [-0.2, 0) is 0 Å². The highest BCUT2D eigenvalue weighted by Crippen LogP contribution is 2.31. The van der Waals surface area contributed by atoms with Crippen LogP contribution < -0.4 is 5.73 Å². The number of rotatable bonds is 4. The highest BCUT2D eigenvalue weighted by molar-refractivity contribution is 4.91. The number of hydrogen-bond donors (Lipinski definition) is 1. The van der Waals surface area contributed by atoms with Gasteiger partial charge in [-0.15, -0.1) is 0 Å². The van der Waals surface area contributed by atoms with E-state index in [1.54, 1.807) is 13.8 Å². The molecule has 0 rings (SSSR count). The lowest BCUT2D eigenvalue weighted by molar-refractivity contribution is -0.197. The largest absolute Gasteiger partial charge is 0.405 e. The van der Waals surface area contributed by atoms with Crippen LogP contribution in [0.3, 0.4) is 0 Å². The zero-order valence-corrected chi connectivity index (χ0v) is 10.0. The highest BCUT2D eigenvalue weighted by Gasteiger charge is 2.47. The van der Waals surface area contributed by atoms with Crippen LogP contribution in [0, 0.1) is 0 Å². The van der Waals surface area contributed by atoms with Crippen molar-refractivity contribution in [3.05, 3.63) is 0 Å². The van der Waals surface area contributed by atoms with Crippen LogP contribution in [0.4, 0.5) is 13.2 Å². The third-order valence-corrected chi connectivity index (χ3v) is 3.07. The molecule has 15 heavy (non-hydrogen) atoms. The number of alkyl halides is 3. The maximum absolute atomic E-state index is 12.8. The molecule has 0 radical (unpaired) electrons. The number of nitrogens with zero attached hydrogens (tertiary/aromatic N) is 1. The van der Waals surface area contributed by atoms with Gasteiger partial charge in [-0.05, 0) is 34.2 Å². The molecule has 0 aromatic heterocycles. The number of hydrogen-bond acceptors (Lipinski definition) is 2. The van der Waals surface area contributed by atoms with E-state index in [1.165, 1.54) is 18.9 Å². The van der Waals surface area contributed by atoms with Gasteiger partial charge in [-0.25, -0.2) is 0 Å². The number of nitrogens with two attached hydrogens (primary N) is 1. The quantitative estimate of drug-likeness (QED) is 0.797. The zero-order chi connectivity index (χ0) is 12.4. The fourth-order valence-corrected chi connectivity index (χ4v) is 1.50. The van der Waals surface area contributed by atoms with E-state index in [0.29, 0.717) is 6.42 Å². The summed E-state index contributed by atoms with van der Waals surface area (Å²) in [6, 6.07) is -2.52. The SMILES string of the molecule is CCC(C)(C)N(C)C(C(C)N)C(F)(F)F. The Kier molecular flexibility index (Phi) is 4.61. The second kappa shape index (κ2) is 4.70. The van der Waals surface area contributed by atoms with Gasteiger partial charge >= 0.3 is 6.18 Å². The summed E-state index contributed by atoms with van der Waals surface area (Å²) in [6.45, 7) is 6.83. The predicted molar refractivity (Wildman–Crippen MR) is 55.6 cm³/mol. The van der Waals surface area contributed by atoms with E-state index >= 15 is 0 Å². The first-order chi connectivity index (χ1) is 6.54. The van der Waals surface area contributed by atoms with Gasteiger partial charge in [-0.3, -0.25) is 4.90 Å². The molecule has 92 valence electrons. The summed E-state index contributed by atoms with van der Waals surface area (Å²) in [5.41, 5.74) is 4.91. The maximum atomic E-state index is 12.8. The van der Waals surface area contributed by atoms with E-state index in [1.807, 2.05) is 6.92 Å². The van der Waals surface area contributed by atoms with Gasteiger partial charge in [0, 0.05) is 11.6 Å². The Morgan fingerprint density at radius 1 is 1.27 bits per heavy atom. The molecule has 0 saturated carbocycles. The van der Waals surface area contributed by atoms with Gasteiger partial charge in [-0.1, -0.05) is 6.92 Å². The summed E-state index contributed by atoms with van der Waals surface area (Å²) >= 11 is 0. The lowest BCUT2D eigenvalue weighted by Gasteiger charge is -2.42. The van der Waals surface area contributed by atoms with E-state index in [-0.39, 0.29) is 0 Å². The Hall–Kier alpha value is -0.290. The van der Waals surface area contributed by atoms with Crippen molar-refractivity contribution in [3.8, 4) is 0 Å². The predicted octanol–water partition coefficient (Wildman–Crippen LogP) is 2.38. The Morgan fingerprint density at radius 3 is 1.87 bits per heavy atom. The third-order valence-electron chi connectivity index (χ3n) is 3.07. The van der Waals surface area contributed by atoms with Gasteiger partial charge in [-0.2, -0.15) is 13.2 Å². The molecule has 2 N–H and O–H groups in total. The molecule has 0 heterocycles. The maximum Gasteiger partial charge on any atom is 0.405 e. The van der Waals surface area contributed by atoms with Crippen molar-refractivity contribution in [1.82, 2.24) is 4.90 Å². The molecule has 0 saturated heterocycles. The Morgan fingerprint density at radius 2 is 1.67 bits per heavy atom. The zero-order valence-electron chi connectivity index (χ0n) is 10.0. The smallest absolute Gasteiger partial charge is 0.326 e. The van der Waals surface area contributed by atoms with Crippen LogP contribution >= 0.6 is 0 Å². The molecule has 0 bridgehead atoms. The van der Waals surface area contributed by atoms with Crippen LogP contribution in [0.25, 0.3) is 0 Å². The van der Waals surface area contributed by atoms with E-state index in [0.717, 1.165) is 0 Å². The van der Waals surface area contributed by atoms with Gasteiger partial charge in [0.1, 0.15) is 6.04 Å². The molecule has 2 atom stereocenters. The normalized spacial score (nSPS) is 18.0. The van der Waals surface area contributed by atoms with Crippen LogP contribution in [0.5, 0.6) is 0 Å². The molecule has 2 unspecified atom stereocenters. The fourth-order valence-electron chi connectivity index (χ4n) is 1.50. The lowest BCUT2D eigenvalue weighted by atomic mass is 9.95. The molecule has 5 heteroatoms. The van der Waals surface area contributed by atoms with Gasteiger partial charge in [0.2, 0.25) is 0 Å². The van der Waals surface area contributed by atoms with Crippen molar-refractivity contribution < 1.29 is 13.2 Å². The third kappa shape index (κ3) is 3.65. The van der Waals surface area contributed by atoms with Gasteiger partial charge in [0.05, 0.1) is 0 Å². The minimum absolute atomic E-state index is 0.506. The van der Waals surface area contributed by atoms with Crippen molar-refractivity contribution in [2.75, 3.05) is 7.05 Å². The molecular weight excluding hydrogens is 205 g/mol. The Bertz CT molecular complexity index is 199. The number of halogens is 3. The molecule has 2 nitrogen and oxygen atoms in total. The van der Waals surface area contributed by atoms with Gasteiger partial charge in [0.25, 0.3) is 0 Å². The second-order valence-electron chi connectivity index (χ2n) is 4.62. The molecule has 0 amide bonds. The van der Waals surface area contributed by atoms with Crippen LogP contribution in [0.2, 0.25) is 0 Å². The highest BCUT2D eigenvalue weighted by atomic mass is 19.4. The monoisotopic (exact) mass is 226 g/mol. The Labute approximate surface area is 89.6 Å².